The molecule has 2 N–H and O–H groups in total. The molecule has 0 radical (unpaired) electrons. The van der Waals surface area contributed by atoms with Gasteiger partial charge in [-0.15, -0.1) is 0 Å². The summed E-state index contributed by atoms with van der Waals surface area (Å²) >= 11 is 0. The van der Waals surface area contributed by atoms with Gasteiger partial charge in [0.2, 0.25) is 16.0 Å². The van der Waals surface area contributed by atoms with Gasteiger partial charge in [0, 0.05) is 51.2 Å². The molecular formula is C28H33FN6O3S. The molecule has 4 aromatic rings. The maximum absolute atomic E-state index is 13.5. The van der Waals surface area contributed by atoms with Crippen LogP contribution in [0.3, 0.4) is 0 Å². The third-order valence-corrected chi connectivity index (χ3v) is 9.37. The molecule has 11 heteroatoms. The molecule has 3 heterocycles. The highest BCUT2D eigenvalue weighted by Gasteiger charge is 2.24. The summed E-state index contributed by atoms with van der Waals surface area (Å²) in [6, 6.07) is 8.36. The van der Waals surface area contributed by atoms with Crippen molar-refractivity contribution in [2.45, 2.75) is 20.8 Å². The minimum absolute atomic E-state index is 0.123. The number of H-pyrrole nitrogens is 1. The van der Waals surface area contributed by atoms with Crippen molar-refractivity contribution in [3.05, 3.63) is 69.4 Å². The Bertz CT molecular complexity index is 1750. The lowest BCUT2D eigenvalue weighted by atomic mass is 10.0. The van der Waals surface area contributed by atoms with E-state index in [1.165, 1.54) is 12.1 Å². The SMILES string of the molecule is CCS(=O)(=O)N1CCN(CC=Cc2[nH]c(=O)c3c(ccc4nc(Nc5ccc(F)cc5C)n(C)c43)c2C)CC1. The van der Waals surface area contributed by atoms with E-state index in [4.69, 9.17) is 0 Å². The molecule has 1 aliphatic rings. The van der Waals surface area contributed by atoms with Gasteiger partial charge in [0.1, 0.15) is 5.82 Å². The van der Waals surface area contributed by atoms with Crippen LogP contribution in [0.5, 0.6) is 0 Å². The average Bonchev–Trinajstić information content (AvgIpc) is 3.23. The molecule has 0 atom stereocenters. The molecule has 1 fully saturated rings. The van der Waals surface area contributed by atoms with Crippen LogP contribution in [0.1, 0.15) is 23.7 Å². The van der Waals surface area contributed by atoms with Crippen molar-refractivity contribution in [2.24, 2.45) is 7.05 Å². The van der Waals surface area contributed by atoms with Gasteiger partial charge in [0.15, 0.2) is 0 Å². The number of hydrogen-bond acceptors (Lipinski definition) is 6. The van der Waals surface area contributed by atoms with Gasteiger partial charge in [0.25, 0.3) is 5.56 Å². The number of imidazole rings is 1. The van der Waals surface area contributed by atoms with E-state index in [0.717, 1.165) is 33.4 Å². The number of aromatic amines is 1. The quantitative estimate of drug-likeness (QED) is 0.361. The molecule has 2 aromatic heterocycles. The molecule has 206 valence electrons. The zero-order chi connectivity index (χ0) is 27.9. The van der Waals surface area contributed by atoms with Crippen LogP contribution in [0.15, 0.2) is 41.2 Å². The Balaban J connectivity index is 1.40. The maximum Gasteiger partial charge on any atom is 0.258 e. The highest BCUT2D eigenvalue weighted by atomic mass is 32.2. The molecular weight excluding hydrogens is 519 g/mol. The highest BCUT2D eigenvalue weighted by Crippen LogP contribution is 2.30. The van der Waals surface area contributed by atoms with Gasteiger partial charge in [-0.2, -0.15) is 4.31 Å². The predicted octanol–water partition coefficient (Wildman–Crippen LogP) is 3.89. The smallest absolute Gasteiger partial charge is 0.258 e. The third kappa shape index (κ3) is 5.21. The fourth-order valence-corrected chi connectivity index (χ4v) is 6.21. The average molecular weight is 553 g/mol. The summed E-state index contributed by atoms with van der Waals surface area (Å²) in [6.07, 6.45) is 3.92. The summed E-state index contributed by atoms with van der Waals surface area (Å²) in [5.74, 6) is 0.379. The Labute approximate surface area is 227 Å². The molecule has 0 aliphatic carbocycles. The largest absolute Gasteiger partial charge is 0.325 e. The van der Waals surface area contributed by atoms with Crippen molar-refractivity contribution in [2.75, 3.05) is 43.8 Å². The van der Waals surface area contributed by atoms with E-state index in [2.05, 4.69) is 20.2 Å². The van der Waals surface area contributed by atoms with E-state index >= 15 is 0 Å². The van der Waals surface area contributed by atoms with Gasteiger partial charge in [0.05, 0.1) is 22.2 Å². The van der Waals surface area contributed by atoms with Crippen molar-refractivity contribution in [3.8, 4) is 0 Å². The Hall–Kier alpha value is -3.54. The lowest BCUT2D eigenvalue weighted by molar-refractivity contribution is 0.205. The third-order valence-electron chi connectivity index (χ3n) is 7.49. The Morgan fingerprint density at radius 1 is 1.13 bits per heavy atom. The second-order valence-electron chi connectivity index (χ2n) is 9.93. The second-order valence-corrected chi connectivity index (χ2v) is 12.2. The molecule has 1 aliphatic heterocycles. The Morgan fingerprint density at radius 3 is 2.56 bits per heavy atom. The molecule has 39 heavy (non-hydrogen) atoms. The minimum Gasteiger partial charge on any atom is -0.325 e. The van der Waals surface area contributed by atoms with E-state index in [-0.39, 0.29) is 17.1 Å². The lowest BCUT2D eigenvalue weighted by Crippen LogP contribution is -2.48. The first-order valence-electron chi connectivity index (χ1n) is 13.0. The number of aryl methyl sites for hydroxylation is 3. The number of rotatable bonds is 7. The maximum atomic E-state index is 13.5. The number of anilines is 2. The number of pyridine rings is 1. The zero-order valence-corrected chi connectivity index (χ0v) is 23.4. The fourth-order valence-electron chi connectivity index (χ4n) is 5.13. The van der Waals surface area contributed by atoms with Crippen LogP contribution in [0, 0.1) is 19.7 Å². The number of fused-ring (bicyclic) bond motifs is 3. The van der Waals surface area contributed by atoms with Crippen LogP contribution >= 0.6 is 0 Å². The Kier molecular flexibility index (Phi) is 7.32. The molecule has 0 saturated carbocycles. The van der Waals surface area contributed by atoms with Gasteiger partial charge >= 0.3 is 0 Å². The van der Waals surface area contributed by atoms with Gasteiger partial charge in [-0.25, -0.2) is 17.8 Å². The topological polar surface area (TPSA) is 103 Å². The minimum atomic E-state index is -3.15. The predicted molar refractivity (Wildman–Crippen MR) is 155 cm³/mol. The fraction of sp³-hybridized carbons (Fsp3) is 0.357. The summed E-state index contributed by atoms with van der Waals surface area (Å²) in [5.41, 5.74) is 4.38. The van der Waals surface area contributed by atoms with Gasteiger partial charge in [-0.1, -0.05) is 12.1 Å². The van der Waals surface area contributed by atoms with E-state index in [1.807, 2.05) is 49.7 Å². The van der Waals surface area contributed by atoms with Crippen LogP contribution < -0.4 is 10.9 Å². The highest BCUT2D eigenvalue weighted by molar-refractivity contribution is 7.89. The summed E-state index contributed by atoms with van der Waals surface area (Å²) in [7, 11) is -1.30. The molecule has 5 rings (SSSR count). The van der Waals surface area contributed by atoms with Crippen LogP contribution in [0.2, 0.25) is 0 Å². The van der Waals surface area contributed by atoms with E-state index < -0.39 is 10.0 Å². The Morgan fingerprint density at radius 2 is 1.87 bits per heavy atom. The van der Waals surface area contributed by atoms with Crippen molar-refractivity contribution in [1.29, 1.82) is 0 Å². The molecule has 0 amide bonds. The van der Waals surface area contributed by atoms with E-state index in [0.29, 0.717) is 49.6 Å². The van der Waals surface area contributed by atoms with Crippen LogP contribution in [-0.4, -0.2) is 70.6 Å². The summed E-state index contributed by atoms with van der Waals surface area (Å²) < 4.78 is 41.1. The van der Waals surface area contributed by atoms with E-state index in [1.54, 1.807) is 17.3 Å². The van der Waals surface area contributed by atoms with Crippen molar-refractivity contribution >= 4 is 49.5 Å². The molecule has 0 spiro atoms. The molecule has 1 saturated heterocycles. The number of benzene rings is 2. The molecule has 0 unspecified atom stereocenters. The monoisotopic (exact) mass is 552 g/mol. The standard InChI is InChI=1S/C28H33FN6O3S/c1-5-39(37,38)35-15-13-34(14-16-35)12-6-7-23-19(3)21-9-11-24-26(25(21)27(36)30-23)33(4)28(32-24)31-22-10-8-20(29)17-18(22)2/h6-11,17H,5,12-16H2,1-4H3,(H,30,36)(H,31,32). The second kappa shape index (κ2) is 10.6. The van der Waals surface area contributed by atoms with Crippen LogP contribution in [0.25, 0.3) is 27.9 Å². The van der Waals surface area contributed by atoms with Crippen LogP contribution in [0.4, 0.5) is 16.0 Å². The van der Waals surface area contributed by atoms with Crippen molar-refractivity contribution in [1.82, 2.24) is 23.7 Å². The number of piperazine rings is 1. The van der Waals surface area contributed by atoms with Gasteiger partial charge in [-0.05, 0) is 67.6 Å². The van der Waals surface area contributed by atoms with Crippen molar-refractivity contribution < 1.29 is 12.8 Å². The van der Waals surface area contributed by atoms with Crippen molar-refractivity contribution in [3.63, 3.8) is 0 Å². The number of aromatic nitrogens is 3. The first-order chi connectivity index (χ1) is 18.6. The van der Waals surface area contributed by atoms with Gasteiger partial charge in [-0.3, -0.25) is 9.69 Å². The molecule has 9 nitrogen and oxygen atoms in total. The first-order valence-corrected chi connectivity index (χ1v) is 14.6. The number of nitrogens with zero attached hydrogens (tertiary/aromatic N) is 4. The van der Waals surface area contributed by atoms with Crippen LogP contribution in [-0.2, 0) is 17.1 Å². The summed E-state index contributed by atoms with van der Waals surface area (Å²) in [6.45, 7) is 8.46. The number of nitrogens with one attached hydrogen (secondary N) is 2. The van der Waals surface area contributed by atoms with Gasteiger partial charge < -0.3 is 14.9 Å². The summed E-state index contributed by atoms with van der Waals surface area (Å²) in [5, 5.41) is 4.67. The number of hydrogen-bond donors (Lipinski definition) is 2. The normalized spacial score (nSPS) is 15.6. The number of sulfonamides is 1. The molecule has 0 bridgehead atoms. The number of halogens is 1. The van der Waals surface area contributed by atoms with E-state index in [9.17, 15) is 17.6 Å². The summed E-state index contributed by atoms with van der Waals surface area (Å²) in [4.78, 5) is 23.3. The zero-order valence-electron chi connectivity index (χ0n) is 22.6. The first kappa shape index (κ1) is 27.0. The lowest BCUT2D eigenvalue weighted by Gasteiger charge is -2.33. The molecule has 2 aromatic carbocycles.